The van der Waals surface area contributed by atoms with Crippen molar-refractivity contribution >= 4 is 17.3 Å². The zero-order valence-corrected chi connectivity index (χ0v) is 11.1. The Hall–Kier alpha value is -1.58. The molecule has 0 aliphatic heterocycles. The van der Waals surface area contributed by atoms with Crippen LogP contribution in [0.15, 0.2) is 42.6 Å². The topological polar surface area (TPSA) is 42.1 Å². The lowest BCUT2D eigenvalue weighted by atomic mass is 10.2. The number of anilines is 1. The average molecular weight is 262 g/mol. The van der Waals surface area contributed by atoms with Crippen molar-refractivity contribution in [1.82, 2.24) is 9.88 Å². The highest BCUT2D eigenvalue weighted by Crippen LogP contribution is 2.17. The lowest BCUT2D eigenvalue weighted by Crippen LogP contribution is -2.18. The van der Waals surface area contributed by atoms with Gasteiger partial charge in [0.15, 0.2) is 0 Å². The molecule has 0 atom stereocenters. The minimum Gasteiger partial charge on any atom is -0.399 e. The summed E-state index contributed by atoms with van der Waals surface area (Å²) in [5.41, 5.74) is 8.55. The first-order chi connectivity index (χ1) is 8.65. The van der Waals surface area contributed by atoms with Gasteiger partial charge in [-0.2, -0.15) is 0 Å². The number of hydrogen-bond donors (Lipinski definition) is 1. The molecule has 1 aromatic carbocycles. The van der Waals surface area contributed by atoms with Gasteiger partial charge in [0.1, 0.15) is 0 Å². The van der Waals surface area contributed by atoms with Crippen molar-refractivity contribution in [3.63, 3.8) is 0 Å². The second kappa shape index (κ2) is 5.85. The molecule has 0 saturated heterocycles. The third kappa shape index (κ3) is 3.45. The smallest absolute Gasteiger partial charge is 0.0564 e. The molecule has 18 heavy (non-hydrogen) atoms. The van der Waals surface area contributed by atoms with Gasteiger partial charge < -0.3 is 5.73 Å². The summed E-state index contributed by atoms with van der Waals surface area (Å²) in [5.74, 6) is 0. The van der Waals surface area contributed by atoms with E-state index in [1.165, 1.54) is 0 Å². The van der Waals surface area contributed by atoms with Crippen molar-refractivity contribution in [2.24, 2.45) is 0 Å². The van der Waals surface area contributed by atoms with Gasteiger partial charge in [-0.1, -0.05) is 29.8 Å². The first-order valence-corrected chi connectivity index (χ1v) is 6.15. The van der Waals surface area contributed by atoms with Crippen LogP contribution in [0, 0.1) is 0 Å². The van der Waals surface area contributed by atoms with Crippen LogP contribution < -0.4 is 5.73 Å². The summed E-state index contributed by atoms with van der Waals surface area (Å²) in [7, 11) is 2.04. The molecule has 0 radical (unpaired) electrons. The summed E-state index contributed by atoms with van der Waals surface area (Å²) in [4.78, 5) is 6.44. The molecule has 4 heteroatoms. The molecule has 0 spiro atoms. The van der Waals surface area contributed by atoms with E-state index in [9.17, 15) is 0 Å². The highest BCUT2D eigenvalue weighted by molar-refractivity contribution is 6.31. The Labute approximate surface area is 112 Å². The van der Waals surface area contributed by atoms with Crippen molar-refractivity contribution in [3.8, 4) is 0 Å². The molecular formula is C14H16ClN3. The van der Waals surface area contributed by atoms with E-state index in [1.807, 2.05) is 37.4 Å². The third-order valence-electron chi connectivity index (χ3n) is 2.67. The molecular weight excluding hydrogens is 246 g/mol. The monoisotopic (exact) mass is 261 g/mol. The Morgan fingerprint density at radius 1 is 1.22 bits per heavy atom. The summed E-state index contributed by atoms with van der Waals surface area (Å²) < 4.78 is 0. The van der Waals surface area contributed by atoms with E-state index in [1.54, 1.807) is 12.3 Å². The second-order valence-corrected chi connectivity index (χ2v) is 4.75. The molecule has 2 aromatic rings. The fourth-order valence-corrected chi connectivity index (χ4v) is 2.03. The molecule has 0 saturated carbocycles. The summed E-state index contributed by atoms with van der Waals surface area (Å²) in [6, 6.07) is 11.6. The maximum Gasteiger partial charge on any atom is 0.0564 e. The summed E-state index contributed by atoms with van der Waals surface area (Å²) in [5, 5.41) is 0.796. The van der Waals surface area contributed by atoms with Gasteiger partial charge in [-0.25, -0.2) is 0 Å². The third-order valence-corrected chi connectivity index (χ3v) is 3.04. The van der Waals surface area contributed by atoms with Crippen LogP contribution in [-0.2, 0) is 13.1 Å². The number of rotatable bonds is 4. The van der Waals surface area contributed by atoms with Crippen LogP contribution in [0.4, 0.5) is 5.69 Å². The number of nitrogens with zero attached hydrogens (tertiary/aromatic N) is 2. The molecule has 0 bridgehead atoms. The summed E-state index contributed by atoms with van der Waals surface area (Å²) in [6.07, 6.45) is 1.73. The lowest BCUT2D eigenvalue weighted by Gasteiger charge is -2.17. The minimum absolute atomic E-state index is 0.742. The molecule has 0 unspecified atom stereocenters. The molecule has 1 aromatic heterocycles. The van der Waals surface area contributed by atoms with Crippen LogP contribution in [0.3, 0.4) is 0 Å². The van der Waals surface area contributed by atoms with Gasteiger partial charge in [0.05, 0.1) is 5.69 Å². The molecule has 0 aliphatic rings. The highest BCUT2D eigenvalue weighted by atomic mass is 35.5. The maximum absolute atomic E-state index is 6.13. The van der Waals surface area contributed by atoms with Gasteiger partial charge in [-0.15, -0.1) is 0 Å². The number of nitrogen functional groups attached to an aromatic ring is 1. The largest absolute Gasteiger partial charge is 0.399 e. The van der Waals surface area contributed by atoms with Crippen molar-refractivity contribution in [3.05, 3.63) is 58.9 Å². The van der Waals surface area contributed by atoms with Crippen LogP contribution in [0.2, 0.25) is 5.02 Å². The summed E-state index contributed by atoms with van der Waals surface area (Å²) >= 11 is 6.13. The first kappa shape index (κ1) is 12.9. The number of pyridine rings is 1. The normalized spacial score (nSPS) is 10.8. The van der Waals surface area contributed by atoms with Gasteiger partial charge in [0, 0.05) is 30.0 Å². The van der Waals surface area contributed by atoms with Crippen molar-refractivity contribution in [2.45, 2.75) is 13.1 Å². The van der Waals surface area contributed by atoms with E-state index >= 15 is 0 Å². The Morgan fingerprint density at radius 2 is 2.00 bits per heavy atom. The van der Waals surface area contributed by atoms with Crippen molar-refractivity contribution in [2.75, 3.05) is 12.8 Å². The van der Waals surface area contributed by atoms with E-state index in [4.69, 9.17) is 17.3 Å². The highest BCUT2D eigenvalue weighted by Gasteiger charge is 2.05. The molecule has 94 valence electrons. The predicted molar refractivity (Wildman–Crippen MR) is 75.3 cm³/mol. The SMILES string of the molecule is CN(Cc1cc(N)ccn1)Cc1ccccc1Cl. The number of aromatic nitrogens is 1. The zero-order chi connectivity index (χ0) is 13.0. The number of benzene rings is 1. The molecule has 1 heterocycles. The molecule has 2 N–H and O–H groups in total. The molecule has 0 aliphatic carbocycles. The van der Waals surface area contributed by atoms with Crippen LogP contribution in [-0.4, -0.2) is 16.9 Å². The van der Waals surface area contributed by atoms with Gasteiger partial charge >= 0.3 is 0 Å². The van der Waals surface area contributed by atoms with Crippen LogP contribution >= 0.6 is 11.6 Å². The number of nitrogens with two attached hydrogens (primary N) is 1. The quantitative estimate of drug-likeness (QED) is 0.920. The average Bonchev–Trinajstić information content (AvgIpc) is 2.32. The maximum atomic E-state index is 6.13. The minimum atomic E-state index is 0.742. The predicted octanol–water partition coefficient (Wildman–Crippen LogP) is 2.95. The Balaban J connectivity index is 2.01. The fourth-order valence-electron chi connectivity index (χ4n) is 1.83. The number of hydrogen-bond acceptors (Lipinski definition) is 3. The zero-order valence-electron chi connectivity index (χ0n) is 10.3. The lowest BCUT2D eigenvalue weighted by molar-refractivity contribution is 0.315. The standard InChI is InChI=1S/C14H16ClN3/c1-18(9-11-4-2-3-5-14(11)15)10-13-8-12(16)6-7-17-13/h2-8H,9-10H2,1H3,(H2,16,17). The Morgan fingerprint density at radius 3 is 2.72 bits per heavy atom. The van der Waals surface area contributed by atoms with E-state index in [0.29, 0.717) is 0 Å². The van der Waals surface area contributed by atoms with Gasteiger partial charge in [0.2, 0.25) is 0 Å². The Bertz CT molecular complexity index is 528. The van der Waals surface area contributed by atoms with Crippen molar-refractivity contribution in [1.29, 1.82) is 0 Å². The van der Waals surface area contributed by atoms with Crippen LogP contribution in [0.5, 0.6) is 0 Å². The molecule has 3 nitrogen and oxygen atoms in total. The van der Waals surface area contributed by atoms with Gasteiger partial charge in [-0.3, -0.25) is 9.88 Å². The first-order valence-electron chi connectivity index (χ1n) is 5.77. The molecule has 2 rings (SSSR count). The molecule has 0 amide bonds. The van der Waals surface area contributed by atoms with E-state index in [-0.39, 0.29) is 0 Å². The second-order valence-electron chi connectivity index (χ2n) is 4.34. The van der Waals surface area contributed by atoms with Crippen LogP contribution in [0.25, 0.3) is 0 Å². The van der Waals surface area contributed by atoms with Crippen LogP contribution in [0.1, 0.15) is 11.3 Å². The van der Waals surface area contributed by atoms with E-state index < -0.39 is 0 Å². The summed E-state index contributed by atoms with van der Waals surface area (Å²) in [6.45, 7) is 1.53. The van der Waals surface area contributed by atoms with Crippen molar-refractivity contribution < 1.29 is 0 Å². The molecule has 0 fully saturated rings. The fraction of sp³-hybridized carbons (Fsp3) is 0.214. The number of halogens is 1. The van der Waals surface area contributed by atoms with E-state index in [2.05, 4.69) is 9.88 Å². The van der Waals surface area contributed by atoms with Gasteiger partial charge in [0.25, 0.3) is 0 Å². The van der Waals surface area contributed by atoms with E-state index in [0.717, 1.165) is 35.1 Å². The van der Waals surface area contributed by atoms with Gasteiger partial charge in [-0.05, 0) is 30.8 Å². The Kier molecular flexibility index (Phi) is 4.18.